The highest BCUT2D eigenvalue weighted by molar-refractivity contribution is 8.13. The maximum Gasteiger partial charge on any atom is 0.421 e. The molecule has 0 bridgehead atoms. The summed E-state index contributed by atoms with van der Waals surface area (Å²) < 4.78 is 96.5. The van der Waals surface area contributed by atoms with Crippen molar-refractivity contribution >= 4 is 19.7 Å². The highest BCUT2D eigenvalue weighted by atomic mass is 35.7. The quantitative estimate of drug-likeness (QED) is 0.635. The second-order valence-electron chi connectivity index (χ2n) is 3.27. The fourth-order valence-electron chi connectivity index (χ4n) is 1.28. The van der Waals surface area contributed by atoms with E-state index < -0.39 is 43.2 Å². The van der Waals surface area contributed by atoms with Gasteiger partial charge in [0.1, 0.15) is 11.3 Å². The molecule has 1 N–H and O–H groups in total. The molecule has 11 heteroatoms. The van der Waals surface area contributed by atoms with E-state index in [-0.39, 0.29) is 12.1 Å². The van der Waals surface area contributed by atoms with Gasteiger partial charge >= 0.3 is 12.4 Å². The van der Waals surface area contributed by atoms with Crippen LogP contribution < -0.4 is 0 Å². The van der Waals surface area contributed by atoms with Gasteiger partial charge in [0.25, 0.3) is 9.05 Å². The van der Waals surface area contributed by atoms with Crippen molar-refractivity contribution in [3.05, 3.63) is 23.3 Å². The number of alkyl halides is 6. The first-order valence-corrected chi connectivity index (χ1v) is 6.52. The largest absolute Gasteiger partial charge is 0.507 e. The van der Waals surface area contributed by atoms with Gasteiger partial charge in [0.15, 0.2) is 0 Å². The van der Waals surface area contributed by atoms with E-state index in [1.54, 1.807) is 0 Å². The molecular weight excluding hydrogens is 326 g/mol. The molecule has 0 spiro atoms. The summed E-state index contributed by atoms with van der Waals surface area (Å²) in [6.45, 7) is 0. The summed E-state index contributed by atoms with van der Waals surface area (Å²) in [5.41, 5.74) is -4.36. The van der Waals surface area contributed by atoms with Gasteiger partial charge in [0.05, 0.1) is 10.5 Å². The third kappa shape index (κ3) is 3.24. The average Bonchev–Trinajstić information content (AvgIpc) is 2.11. The molecule has 0 atom stereocenters. The molecular formula is C8H3ClF6O3S. The van der Waals surface area contributed by atoms with Crippen molar-refractivity contribution in [3.8, 4) is 5.75 Å². The van der Waals surface area contributed by atoms with Crippen molar-refractivity contribution in [1.29, 1.82) is 0 Å². The molecule has 3 nitrogen and oxygen atoms in total. The van der Waals surface area contributed by atoms with Gasteiger partial charge in [0, 0.05) is 10.7 Å². The number of halogens is 7. The summed E-state index contributed by atoms with van der Waals surface area (Å²) >= 11 is 0. The number of phenolic OH excluding ortho intramolecular Hbond substituents is 1. The van der Waals surface area contributed by atoms with Crippen molar-refractivity contribution in [3.63, 3.8) is 0 Å². The van der Waals surface area contributed by atoms with E-state index in [1.165, 1.54) is 0 Å². The molecule has 108 valence electrons. The lowest BCUT2D eigenvalue weighted by molar-refractivity contribution is -0.146. The molecule has 1 rings (SSSR count). The third-order valence-corrected chi connectivity index (χ3v) is 3.36. The zero-order valence-electron chi connectivity index (χ0n) is 8.47. The molecule has 0 saturated carbocycles. The lowest BCUT2D eigenvalue weighted by atomic mass is 10.1. The summed E-state index contributed by atoms with van der Waals surface area (Å²) in [5, 5.41) is 9.04. The topological polar surface area (TPSA) is 54.4 Å². The Morgan fingerprint density at radius 2 is 1.47 bits per heavy atom. The van der Waals surface area contributed by atoms with Crippen LogP contribution in [0.15, 0.2) is 17.0 Å². The summed E-state index contributed by atoms with van der Waals surface area (Å²) in [7, 11) is -0.288. The van der Waals surface area contributed by atoms with Crippen LogP contribution in [0.3, 0.4) is 0 Å². The Hall–Kier alpha value is -1.16. The van der Waals surface area contributed by atoms with Crippen LogP contribution in [-0.2, 0) is 21.4 Å². The van der Waals surface area contributed by atoms with Crippen molar-refractivity contribution in [2.75, 3.05) is 0 Å². The van der Waals surface area contributed by atoms with Crippen LogP contribution in [0.25, 0.3) is 0 Å². The standard InChI is InChI=1S/C8H3ClF6O3S/c9-19(17,18)4-2-1-3(7(10,11)12)6(16)5(4)8(13,14)15/h1-2,16H. The number of benzene rings is 1. The highest BCUT2D eigenvalue weighted by Crippen LogP contribution is 2.46. The van der Waals surface area contributed by atoms with Crippen LogP contribution in [0.1, 0.15) is 11.1 Å². The summed E-state index contributed by atoms with van der Waals surface area (Å²) in [6, 6.07) is 0.0353. The Labute approximate surface area is 106 Å². The fraction of sp³-hybridized carbons (Fsp3) is 0.250. The first-order valence-electron chi connectivity index (χ1n) is 4.21. The molecule has 1 aromatic rings. The zero-order valence-corrected chi connectivity index (χ0v) is 10.0. The predicted octanol–water partition coefficient (Wildman–Crippen LogP) is 3.36. The Morgan fingerprint density at radius 1 is 1.00 bits per heavy atom. The second kappa shape index (κ2) is 4.44. The molecule has 0 aliphatic carbocycles. The van der Waals surface area contributed by atoms with Gasteiger partial charge in [-0.05, 0) is 12.1 Å². The van der Waals surface area contributed by atoms with Crippen LogP contribution in [0.4, 0.5) is 26.3 Å². The Bertz CT molecular complexity index is 604. The van der Waals surface area contributed by atoms with Crippen molar-refractivity contribution < 1.29 is 39.9 Å². The van der Waals surface area contributed by atoms with E-state index in [0.717, 1.165) is 0 Å². The minimum atomic E-state index is -5.53. The first kappa shape index (κ1) is 15.9. The van der Waals surface area contributed by atoms with Crippen LogP contribution in [-0.4, -0.2) is 13.5 Å². The molecule has 0 fully saturated rings. The monoisotopic (exact) mass is 328 g/mol. The Morgan fingerprint density at radius 3 is 1.79 bits per heavy atom. The summed E-state index contributed by atoms with van der Waals surface area (Å²) in [4.78, 5) is -1.65. The van der Waals surface area contributed by atoms with Gasteiger partial charge in [-0.2, -0.15) is 26.3 Å². The number of hydrogen-bond donors (Lipinski definition) is 1. The maximum absolute atomic E-state index is 12.6. The molecule has 0 saturated heterocycles. The number of rotatable bonds is 1. The third-order valence-electron chi connectivity index (χ3n) is 1.99. The zero-order chi connectivity index (χ0) is 15.2. The molecule has 0 aliphatic heterocycles. The molecule has 0 radical (unpaired) electrons. The Balaban J connectivity index is 3.81. The van der Waals surface area contributed by atoms with E-state index >= 15 is 0 Å². The Kier molecular flexibility index (Phi) is 3.72. The van der Waals surface area contributed by atoms with Gasteiger partial charge < -0.3 is 5.11 Å². The van der Waals surface area contributed by atoms with Crippen molar-refractivity contribution in [1.82, 2.24) is 0 Å². The smallest absolute Gasteiger partial charge is 0.421 e. The SMILES string of the molecule is O=S(=O)(Cl)c1ccc(C(F)(F)F)c(O)c1C(F)(F)F. The summed E-state index contributed by atoms with van der Waals surface area (Å²) in [5.74, 6) is -2.23. The fourth-order valence-corrected chi connectivity index (χ4v) is 2.35. The van der Waals surface area contributed by atoms with Crippen LogP contribution in [0.2, 0.25) is 0 Å². The average molecular weight is 329 g/mol. The maximum atomic E-state index is 12.6. The van der Waals surface area contributed by atoms with E-state index in [0.29, 0.717) is 0 Å². The molecule has 0 unspecified atom stereocenters. The minimum Gasteiger partial charge on any atom is -0.507 e. The molecule has 0 aliphatic rings. The second-order valence-corrected chi connectivity index (χ2v) is 5.80. The first-order chi connectivity index (χ1) is 8.26. The van der Waals surface area contributed by atoms with Gasteiger partial charge in [-0.15, -0.1) is 0 Å². The van der Waals surface area contributed by atoms with Crippen molar-refractivity contribution in [2.45, 2.75) is 17.2 Å². The number of hydrogen-bond acceptors (Lipinski definition) is 3. The van der Waals surface area contributed by atoms with E-state index in [4.69, 9.17) is 5.11 Å². The number of phenols is 1. The lowest BCUT2D eigenvalue weighted by Crippen LogP contribution is -2.15. The normalized spacial score (nSPS) is 13.6. The molecule has 0 heterocycles. The molecule has 0 amide bonds. The summed E-state index contributed by atoms with van der Waals surface area (Å²) in [6.07, 6.45) is -10.8. The van der Waals surface area contributed by atoms with Crippen LogP contribution in [0, 0.1) is 0 Å². The highest BCUT2D eigenvalue weighted by Gasteiger charge is 2.45. The molecule has 0 aromatic heterocycles. The minimum absolute atomic E-state index is 0.000162. The van der Waals surface area contributed by atoms with Gasteiger partial charge in [-0.1, -0.05) is 0 Å². The number of aromatic hydroxyl groups is 1. The van der Waals surface area contributed by atoms with E-state index in [1.807, 2.05) is 0 Å². The van der Waals surface area contributed by atoms with Gasteiger partial charge in [0.2, 0.25) is 0 Å². The van der Waals surface area contributed by atoms with E-state index in [2.05, 4.69) is 10.7 Å². The molecule has 1 aromatic carbocycles. The lowest BCUT2D eigenvalue weighted by Gasteiger charge is -2.16. The van der Waals surface area contributed by atoms with Gasteiger partial charge in [-0.25, -0.2) is 8.42 Å². The van der Waals surface area contributed by atoms with Gasteiger partial charge in [-0.3, -0.25) is 0 Å². The predicted molar refractivity (Wildman–Crippen MR) is 51.1 cm³/mol. The van der Waals surface area contributed by atoms with Crippen LogP contribution >= 0.6 is 10.7 Å². The van der Waals surface area contributed by atoms with Crippen molar-refractivity contribution in [2.24, 2.45) is 0 Å². The van der Waals surface area contributed by atoms with Crippen LogP contribution in [0.5, 0.6) is 5.75 Å². The van der Waals surface area contributed by atoms with E-state index in [9.17, 15) is 34.8 Å². The molecule has 19 heavy (non-hydrogen) atoms.